The predicted molar refractivity (Wildman–Crippen MR) is 130 cm³/mol. The summed E-state index contributed by atoms with van der Waals surface area (Å²) < 4.78 is 0. The van der Waals surface area contributed by atoms with Gasteiger partial charge < -0.3 is 22.5 Å². The zero-order chi connectivity index (χ0) is 24.0. The molecule has 3 heterocycles. The van der Waals surface area contributed by atoms with Crippen LogP contribution in [-0.2, 0) is 6.54 Å². The number of rotatable bonds is 4. The first-order valence-electron chi connectivity index (χ1n) is 10.0. The first-order chi connectivity index (χ1) is 16.4. The van der Waals surface area contributed by atoms with E-state index in [4.69, 9.17) is 17.2 Å². The number of hydrogen-bond donors (Lipinski definition) is 4. The molecule has 0 unspecified atom stereocenters. The van der Waals surface area contributed by atoms with Crippen LogP contribution in [-0.4, -0.2) is 16.8 Å². The molecule has 166 valence electrons. The van der Waals surface area contributed by atoms with Gasteiger partial charge in [-0.15, -0.1) is 11.3 Å². The van der Waals surface area contributed by atoms with E-state index in [0.29, 0.717) is 44.8 Å². The highest BCUT2D eigenvalue weighted by Crippen LogP contribution is 2.42. The molecule has 7 N–H and O–H groups in total. The topological polar surface area (TPSA) is 186 Å². The molecule has 34 heavy (non-hydrogen) atoms. The Morgan fingerprint density at radius 1 is 1.15 bits per heavy atom. The van der Waals surface area contributed by atoms with Crippen molar-refractivity contribution < 1.29 is 9.59 Å². The standard InChI is InChI=1S/C23H16N8O2S/c24-8-13-15(16-17(25)19(21(27)32)34-23(16)30-20(13)26)10-3-1-4-11(7-10)22(33)29-14-6-2-5-12-9-28-31-18(12)14/h1-7H,9,25H2,(H2,26,30)(H2,27,32)(H,29,33). The van der Waals surface area contributed by atoms with Crippen molar-refractivity contribution >= 4 is 56.2 Å². The molecule has 10 nitrogen and oxygen atoms in total. The lowest BCUT2D eigenvalue weighted by Crippen LogP contribution is -2.12. The summed E-state index contributed by atoms with van der Waals surface area (Å²) in [6, 6.07) is 14.2. The van der Waals surface area contributed by atoms with Crippen molar-refractivity contribution in [3.63, 3.8) is 0 Å². The highest BCUT2D eigenvalue weighted by molar-refractivity contribution is 7.21. The molecule has 0 saturated carbocycles. The smallest absolute Gasteiger partial charge is 0.260 e. The van der Waals surface area contributed by atoms with Gasteiger partial charge in [0.25, 0.3) is 11.8 Å². The maximum atomic E-state index is 13.1. The molecule has 0 spiro atoms. The third-order valence-electron chi connectivity index (χ3n) is 5.43. The molecule has 0 bridgehead atoms. The Labute approximate surface area is 196 Å². The summed E-state index contributed by atoms with van der Waals surface area (Å²) in [6.45, 7) is 0.473. The van der Waals surface area contributed by atoms with Gasteiger partial charge in [-0.2, -0.15) is 15.5 Å². The number of benzene rings is 2. The van der Waals surface area contributed by atoms with Crippen molar-refractivity contribution in [2.24, 2.45) is 16.0 Å². The maximum Gasteiger partial charge on any atom is 0.260 e. The van der Waals surface area contributed by atoms with Gasteiger partial charge in [-0.25, -0.2) is 4.98 Å². The Hall–Kier alpha value is -4.82. The number of azo groups is 1. The van der Waals surface area contributed by atoms with Crippen molar-refractivity contribution in [2.45, 2.75) is 6.54 Å². The third-order valence-corrected chi connectivity index (χ3v) is 6.55. The molecule has 0 saturated heterocycles. The number of aromatic nitrogens is 1. The summed E-state index contributed by atoms with van der Waals surface area (Å²) in [5.74, 6) is -1.09. The minimum Gasteiger partial charge on any atom is -0.397 e. The average Bonchev–Trinajstić information content (AvgIpc) is 3.43. The lowest BCUT2D eigenvalue weighted by Gasteiger charge is -2.12. The summed E-state index contributed by atoms with van der Waals surface area (Å²) in [6.07, 6.45) is 0. The number of anilines is 3. The van der Waals surface area contributed by atoms with E-state index < -0.39 is 5.91 Å². The number of primary amides is 1. The van der Waals surface area contributed by atoms with Crippen molar-refractivity contribution in [3.8, 4) is 17.2 Å². The highest BCUT2D eigenvalue weighted by atomic mass is 32.1. The van der Waals surface area contributed by atoms with Crippen molar-refractivity contribution in [2.75, 3.05) is 16.8 Å². The zero-order valence-electron chi connectivity index (χ0n) is 17.5. The summed E-state index contributed by atoms with van der Waals surface area (Å²) >= 11 is 0.999. The first kappa shape index (κ1) is 21.0. The van der Waals surface area contributed by atoms with E-state index in [1.165, 1.54) is 0 Å². The average molecular weight is 469 g/mol. The number of pyridine rings is 1. The van der Waals surface area contributed by atoms with E-state index in [9.17, 15) is 14.9 Å². The van der Waals surface area contributed by atoms with E-state index in [0.717, 1.165) is 16.9 Å². The second kappa shape index (κ2) is 7.95. The number of nitriles is 1. The number of carbonyl (C=O) groups excluding carboxylic acids is 2. The molecule has 1 aliphatic rings. The monoisotopic (exact) mass is 468 g/mol. The van der Waals surface area contributed by atoms with Crippen LogP contribution >= 0.6 is 11.3 Å². The lowest BCUT2D eigenvalue weighted by atomic mass is 9.95. The molecule has 0 aliphatic carbocycles. The van der Waals surface area contributed by atoms with Crippen LogP contribution in [0.3, 0.4) is 0 Å². The number of nitrogens with one attached hydrogen (secondary N) is 1. The summed E-state index contributed by atoms with van der Waals surface area (Å²) in [5, 5.41) is 21.2. The Bertz CT molecular complexity index is 1600. The van der Waals surface area contributed by atoms with E-state index in [-0.39, 0.29) is 27.9 Å². The molecule has 5 rings (SSSR count). The van der Waals surface area contributed by atoms with Gasteiger partial charge in [-0.3, -0.25) is 9.59 Å². The molecular weight excluding hydrogens is 452 g/mol. The molecule has 11 heteroatoms. The Balaban J connectivity index is 1.63. The van der Waals surface area contributed by atoms with Crippen molar-refractivity contribution in [3.05, 3.63) is 64.0 Å². The number of hydrogen-bond acceptors (Lipinski definition) is 9. The van der Waals surface area contributed by atoms with Crippen LogP contribution < -0.4 is 22.5 Å². The molecule has 0 radical (unpaired) electrons. The summed E-state index contributed by atoms with van der Waals surface area (Å²) in [7, 11) is 0. The van der Waals surface area contributed by atoms with Crippen LogP contribution in [0.1, 0.15) is 31.2 Å². The maximum absolute atomic E-state index is 13.1. The van der Waals surface area contributed by atoms with Crippen LogP contribution in [0.4, 0.5) is 22.9 Å². The molecule has 4 aromatic rings. The number of thiophene rings is 1. The fraction of sp³-hybridized carbons (Fsp3) is 0.0435. The van der Waals surface area contributed by atoms with Gasteiger partial charge >= 0.3 is 0 Å². The van der Waals surface area contributed by atoms with Gasteiger partial charge in [-0.05, 0) is 23.8 Å². The van der Waals surface area contributed by atoms with Crippen molar-refractivity contribution in [1.82, 2.24) is 4.98 Å². The normalized spacial score (nSPS) is 11.9. The molecule has 2 amide bonds. The van der Waals surface area contributed by atoms with Gasteiger partial charge in [0.05, 0.1) is 17.9 Å². The lowest BCUT2D eigenvalue weighted by molar-refractivity contribution is 0.100. The second-order valence-electron chi connectivity index (χ2n) is 7.50. The van der Waals surface area contributed by atoms with Crippen LogP contribution in [0.25, 0.3) is 21.3 Å². The quantitative estimate of drug-likeness (QED) is 0.351. The number of nitrogens with two attached hydrogens (primary N) is 3. The largest absolute Gasteiger partial charge is 0.397 e. The SMILES string of the molecule is N#Cc1c(N)nc2sc(C(N)=O)c(N)c2c1-c1cccc(C(=O)Nc2cccc3c2N=NC3)c1. The highest BCUT2D eigenvalue weighted by Gasteiger charge is 2.24. The third kappa shape index (κ3) is 3.30. The molecule has 0 fully saturated rings. The van der Waals surface area contributed by atoms with Crippen LogP contribution in [0.15, 0.2) is 52.7 Å². The fourth-order valence-corrected chi connectivity index (χ4v) is 4.85. The van der Waals surface area contributed by atoms with Crippen LogP contribution in [0, 0.1) is 11.3 Å². The number of nitrogens with zero attached hydrogens (tertiary/aromatic N) is 4. The zero-order valence-corrected chi connectivity index (χ0v) is 18.3. The van der Waals surface area contributed by atoms with Gasteiger partial charge in [0.15, 0.2) is 0 Å². The minimum absolute atomic E-state index is 0.0117. The molecule has 2 aromatic heterocycles. The Morgan fingerprint density at radius 3 is 2.71 bits per heavy atom. The predicted octanol–water partition coefficient (Wildman–Crippen LogP) is 3.95. The van der Waals surface area contributed by atoms with Crippen molar-refractivity contribution in [1.29, 1.82) is 5.26 Å². The first-order valence-corrected chi connectivity index (χ1v) is 10.8. The summed E-state index contributed by atoms with van der Waals surface area (Å²) in [5.41, 5.74) is 21.3. The van der Waals surface area contributed by atoms with Gasteiger partial charge in [0, 0.05) is 22.1 Å². The van der Waals surface area contributed by atoms with Gasteiger partial charge in [-0.1, -0.05) is 24.3 Å². The Kier molecular flexibility index (Phi) is 4.92. The Morgan fingerprint density at radius 2 is 1.94 bits per heavy atom. The van der Waals surface area contributed by atoms with Crippen LogP contribution in [0.2, 0.25) is 0 Å². The van der Waals surface area contributed by atoms with Gasteiger partial charge in [0.1, 0.15) is 32.8 Å². The number of fused-ring (bicyclic) bond motifs is 2. The molecular formula is C23H16N8O2S. The number of amides is 2. The fourth-order valence-electron chi connectivity index (χ4n) is 3.89. The summed E-state index contributed by atoms with van der Waals surface area (Å²) in [4.78, 5) is 29.6. The number of nitrogen functional groups attached to an aromatic ring is 2. The van der Waals surface area contributed by atoms with E-state index >= 15 is 0 Å². The molecule has 0 atom stereocenters. The van der Waals surface area contributed by atoms with E-state index in [1.807, 2.05) is 12.1 Å². The van der Waals surface area contributed by atoms with E-state index in [1.54, 1.807) is 30.3 Å². The van der Waals surface area contributed by atoms with E-state index in [2.05, 4.69) is 26.6 Å². The van der Waals surface area contributed by atoms with Gasteiger partial charge in [0.2, 0.25) is 0 Å². The second-order valence-corrected chi connectivity index (χ2v) is 8.49. The molecule has 2 aromatic carbocycles. The minimum atomic E-state index is -0.704. The number of carbonyl (C=O) groups is 2. The van der Waals surface area contributed by atoms with Crippen LogP contribution in [0.5, 0.6) is 0 Å². The molecule has 1 aliphatic heterocycles.